The van der Waals surface area contributed by atoms with E-state index in [1.54, 1.807) is 12.1 Å². The molecule has 1 fully saturated rings. The molecule has 0 aliphatic carbocycles. The van der Waals surface area contributed by atoms with Crippen LogP contribution in [0, 0.1) is 11.3 Å². The molecule has 1 saturated heterocycles. The highest BCUT2D eigenvalue weighted by Gasteiger charge is 2.46. The molecule has 1 heterocycles. The zero-order valence-corrected chi connectivity index (χ0v) is 13.3. The molecule has 116 valence electrons. The number of halogens is 1. The number of carboxylic acid groups (broad SMARTS) is 1. The molecule has 1 atom stereocenters. The molecule has 0 spiro atoms. The molecule has 0 saturated carbocycles. The number of hydrogen-bond acceptors (Lipinski definition) is 3. The molecule has 0 aromatic heterocycles. The Morgan fingerprint density at radius 2 is 2.29 bits per heavy atom. The Hall–Kier alpha value is -1.26. The molecule has 1 aromatic rings. The van der Waals surface area contributed by atoms with Gasteiger partial charge in [-0.2, -0.15) is 0 Å². The first-order valence-corrected chi connectivity index (χ1v) is 7.66. The van der Waals surface area contributed by atoms with E-state index < -0.39 is 11.4 Å². The molecule has 1 aliphatic heterocycles. The molecule has 0 bridgehead atoms. The van der Waals surface area contributed by atoms with Crippen molar-refractivity contribution in [3.63, 3.8) is 0 Å². The number of carbonyl (C=O) groups is 1. The molecule has 2 rings (SSSR count). The van der Waals surface area contributed by atoms with E-state index in [2.05, 4.69) is 4.90 Å². The average molecular weight is 312 g/mol. The maximum absolute atomic E-state index is 11.6. The molecule has 1 unspecified atom stereocenters. The van der Waals surface area contributed by atoms with Gasteiger partial charge in [0.1, 0.15) is 12.4 Å². The van der Waals surface area contributed by atoms with Crippen molar-refractivity contribution in [3.05, 3.63) is 29.3 Å². The minimum Gasteiger partial charge on any atom is -0.492 e. The third-order valence-electron chi connectivity index (χ3n) is 4.38. The minimum absolute atomic E-state index is 0.133. The molecule has 1 aliphatic rings. The van der Waals surface area contributed by atoms with Crippen LogP contribution in [-0.4, -0.2) is 42.2 Å². The Balaban J connectivity index is 1.84. The van der Waals surface area contributed by atoms with Crippen LogP contribution in [-0.2, 0) is 4.79 Å². The number of rotatable bonds is 6. The predicted molar refractivity (Wildman–Crippen MR) is 82.9 cm³/mol. The number of benzene rings is 1. The number of hydrogen-bond donors (Lipinski definition) is 1. The number of likely N-dealkylation sites (tertiary alicyclic amines) is 1. The largest absolute Gasteiger partial charge is 0.492 e. The van der Waals surface area contributed by atoms with Crippen molar-refractivity contribution in [2.45, 2.75) is 20.3 Å². The van der Waals surface area contributed by atoms with Gasteiger partial charge in [-0.25, -0.2) is 0 Å². The van der Waals surface area contributed by atoms with Crippen molar-refractivity contribution < 1.29 is 14.6 Å². The maximum Gasteiger partial charge on any atom is 0.311 e. The average Bonchev–Trinajstić information content (AvgIpc) is 2.84. The van der Waals surface area contributed by atoms with E-state index in [9.17, 15) is 9.90 Å². The smallest absolute Gasteiger partial charge is 0.311 e. The summed E-state index contributed by atoms with van der Waals surface area (Å²) in [6.45, 7) is 6.64. The van der Waals surface area contributed by atoms with Crippen LogP contribution in [0.5, 0.6) is 5.75 Å². The fraction of sp³-hybridized carbons (Fsp3) is 0.562. The highest BCUT2D eigenvalue weighted by Crippen LogP contribution is 2.37. The van der Waals surface area contributed by atoms with Crippen molar-refractivity contribution in [2.24, 2.45) is 11.3 Å². The number of nitrogens with zero attached hydrogens (tertiary/aromatic N) is 1. The van der Waals surface area contributed by atoms with E-state index in [0.717, 1.165) is 18.8 Å². The molecule has 4 nitrogen and oxygen atoms in total. The molecule has 21 heavy (non-hydrogen) atoms. The van der Waals surface area contributed by atoms with Gasteiger partial charge in [-0.1, -0.05) is 31.5 Å². The lowest BCUT2D eigenvalue weighted by Crippen LogP contribution is -2.39. The monoisotopic (exact) mass is 311 g/mol. The summed E-state index contributed by atoms with van der Waals surface area (Å²) >= 11 is 5.90. The van der Waals surface area contributed by atoms with Gasteiger partial charge in [0.15, 0.2) is 0 Å². The molecule has 0 radical (unpaired) electrons. The van der Waals surface area contributed by atoms with Crippen molar-refractivity contribution in [1.82, 2.24) is 4.90 Å². The summed E-state index contributed by atoms with van der Waals surface area (Å²) in [6.07, 6.45) is 0.706. The number of carboxylic acids is 1. The van der Waals surface area contributed by atoms with Gasteiger partial charge in [0.05, 0.1) is 5.41 Å². The van der Waals surface area contributed by atoms with E-state index in [-0.39, 0.29) is 5.92 Å². The van der Waals surface area contributed by atoms with Gasteiger partial charge in [-0.3, -0.25) is 9.69 Å². The first-order chi connectivity index (χ1) is 9.94. The zero-order valence-electron chi connectivity index (χ0n) is 12.5. The Kier molecular flexibility index (Phi) is 5.12. The summed E-state index contributed by atoms with van der Waals surface area (Å²) in [5, 5.41) is 10.2. The van der Waals surface area contributed by atoms with E-state index in [1.165, 1.54) is 0 Å². The fourth-order valence-corrected chi connectivity index (χ4v) is 3.03. The predicted octanol–water partition coefficient (Wildman–Crippen LogP) is 3.15. The topological polar surface area (TPSA) is 49.8 Å². The third kappa shape index (κ3) is 3.69. The lowest BCUT2D eigenvalue weighted by molar-refractivity contribution is -0.151. The van der Waals surface area contributed by atoms with Gasteiger partial charge in [0.25, 0.3) is 0 Å². The van der Waals surface area contributed by atoms with E-state index in [4.69, 9.17) is 16.3 Å². The summed E-state index contributed by atoms with van der Waals surface area (Å²) in [4.78, 5) is 13.7. The number of aliphatic carboxylic acids is 1. The normalized spacial score (nSPS) is 22.7. The maximum atomic E-state index is 11.6. The van der Waals surface area contributed by atoms with E-state index >= 15 is 0 Å². The van der Waals surface area contributed by atoms with E-state index in [1.807, 2.05) is 26.0 Å². The van der Waals surface area contributed by atoms with Crippen LogP contribution in [0.1, 0.15) is 20.3 Å². The molecular formula is C16H22ClNO3. The quantitative estimate of drug-likeness (QED) is 0.877. The van der Waals surface area contributed by atoms with Crippen molar-refractivity contribution in [1.29, 1.82) is 0 Å². The van der Waals surface area contributed by atoms with Gasteiger partial charge < -0.3 is 9.84 Å². The van der Waals surface area contributed by atoms with Crippen LogP contribution in [0.4, 0.5) is 0 Å². The Labute approximate surface area is 130 Å². The van der Waals surface area contributed by atoms with Crippen LogP contribution in [0.25, 0.3) is 0 Å². The van der Waals surface area contributed by atoms with E-state index in [0.29, 0.717) is 24.6 Å². The molecule has 1 N–H and O–H groups in total. The van der Waals surface area contributed by atoms with Crippen LogP contribution >= 0.6 is 11.6 Å². The number of ether oxygens (including phenoxy) is 1. The lowest BCUT2D eigenvalue weighted by Gasteiger charge is -2.28. The fourth-order valence-electron chi connectivity index (χ4n) is 2.85. The molecular weight excluding hydrogens is 290 g/mol. The van der Waals surface area contributed by atoms with Gasteiger partial charge in [-0.05, 0) is 37.1 Å². The van der Waals surface area contributed by atoms with Crippen LogP contribution < -0.4 is 4.74 Å². The Morgan fingerprint density at radius 1 is 1.52 bits per heavy atom. The van der Waals surface area contributed by atoms with Crippen LogP contribution in [0.2, 0.25) is 5.02 Å². The van der Waals surface area contributed by atoms with Gasteiger partial charge in [-0.15, -0.1) is 0 Å². The third-order valence-corrected chi connectivity index (χ3v) is 4.62. The molecule has 1 aromatic carbocycles. The van der Waals surface area contributed by atoms with Crippen LogP contribution in [0.15, 0.2) is 24.3 Å². The van der Waals surface area contributed by atoms with Gasteiger partial charge >= 0.3 is 5.97 Å². The molecule has 5 heteroatoms. The summed E-state index contributed by atoms with van der Waals surface area (Å²) < 4.78 is 5.66. The van der Waals surface area contributed by atoms with Crippen molar-refractivity contribution in [3.8, 4) is 5.75 Å². The Bertz CT molecular complexity index is 506. The lowest BCUT2D eigenvalue weighted by atomic mass is 9.76. The second-order valence-electron chi connectivity index (χ2n) is 5.95. The highest BCUT2D eigenvalue weighted by atomic mass is 35.5. The second kappa shape index (κ2) is 6.67. The van der Waals surface area contributed by atoms with Crippen molar-refractivity contribution in [2.75, 3.05) is 26.2 Å². The van der Waals surface area contributed by atoms with Crippen molar-refractivity contribution >= 4 is 17.6 Å². The second-order valence-corrected chi connectivity index (χ2v) is 6.38. The Morgan fingerprint density at radius 3 is 2.86 bits per heavy atom. The van der Waals surface area contributed by atoms with Crippen LogP contribution in [0.3, 0.4) is 0 Å². The first-order valence-electron chi connectivity index (χ1n) is 7.28. The zero-order chi connectivity index (χ0) is 15.5. The SMILES string of the molecule is CC(C)C1(C(=O)O)CCN(CCOc2cccc(Cl)c2)C1. The van der Waals surface area contributed by atoms with Gasteiger partial charge in [0.2, 0.25) is 0 Å². The summed E-state index contributed by atoms with van der Waals surface area (Å²) in [5.41, 5.74) is -0.615. The highest BCUT2D eigenvalue weighted by molar-refractivity contribution is 6.30. The first kappa shape index (κ1) is 16.1. The minimum atomic E-state index is -0.684. The summed E-state index contributed by atoms with van der Waals surface area (Å²) in [7, 11) is 0. The standard InChI is InChI=1S/C16H22ClNO3/c1-12(2)16(15(19)20)6-7-18(11-16)8-9-21-14-5-3-4-13(17)10-14/h3-5,10,12H,6-9,11H2,1-2H3,(H,19,20). The summed E-state index contributed by atoms with van der Waals surface area (Å²) in [5.74, 6) is 0.194. The molecule has 0 amide bonds. The summed E-state index contributed by atoms with van der Waals surface area (Å²) in [6, 6.07) is 7.30. The van der Waals surface area contributed by atoms with Gasteiger partial charge in [0, 0.05) is 18.1 Å².